The Bertz CT molecular complexity index is 416. The summed E-state index contributed by atoms with van der Waals surface area (Å²) in [4.78, 5) is 0. The zero-order valence-corrected chi connectivity index (χ0v) is 12.9. The average Bonchev–Trinajstić information content (AvgIpc) is 2.64. The molecule has 1 N–H and O–H groups in total. The van der Waals surface area contributed by atoms with E-state index in [1.165, 1.54) is 19.3 Å². The number of rotatable bonds is 5. The summed E-state index contributed by atoms with van der Waals surface area (Å²) in [5.41, 5.74) is 0.371. The van der Waals surface area contributed by atoms with Gasteiger partial charge in [0.1, 0.15) is 5.75 Å². The monoisotopic (exact) mass is 276 g/mol. The van der Waals surface area contributed by atoms with Crippen molar-refractivity contribution in [2.24, 2.45) is 5.92 Å². The zero-order valence-electron chi connectivity index (χ0n) is 12.9. The van der Waals surface area contributed by atoms with Crippen LogP contribution < -0.4 is 4.74 Å². The zero-order chi connectivity index (χ0) is 14.4. The minimum atomic E-state index is -0.657. The van der Waals surface area contributed by atoms with Crippen LogP contribution in [0, 0.1) is 5.92 Å². The van der Waals surface area contributed by atoms with Crippen LogP contribution in [0.4, 0.5) is 0 Å². The molecule has 0 spiro atoms. The van der Waals surface area contributed by atoms with Gasteiger partial charge >= 0.3 is 0 Å². The molecule has 2 rings (SSSR count). The molecule has 112 valence electrons. The Morgan fingerprint density at radius 1 is 1.25 bits per heavy atom. The van der Waals surface area contributed by atoms with Gasteiger partial charge in [0, 0.05) is 0 Å². The molecule has 0 aliphatic heterocycles. The highest BCUT2D eigenvalue weighted by Crippen LogP contribution is 2.39. The molecule has 1 aliphatic rings. The maximum atomic E-state index is 11.0. The molecule has 0 heterocycles. The summed E-state index contributed by atoms with van der Waals surface area (Å²) in [6, 6.07) is 8.02. The van der Waals surface area contributed by atoms with Crippen LogP contribution >= 0.6 is 0 Å². The van der Waals surface area contributed by atoms with Crippen molar-refractivity contribution in [3.63, 3.8) is 0 Å². The summed E-state index contributed by atoms with van der Waals surface area (Å²) in [7, 11) is 0. The molecule has 20 heavy (non-hydrogen) atoms. The maximum Gasteiger partial charge on any atom is 0.119 e. The van der Waals surface area contributed by atoms with E-state index in [4.69, 9.17) is 4.74 Å². The highest BCUT2D eigenvalue weighted by atomic mass is 16.5. The summed E-state index contributed by atoms with van der Waals surface area (Å²) < 4.78 is 5.56. The van der Waals surface area contributed by atoms with Crippen molar-refractivity contribution in [3.8, 4) is 5.75 Å². The summed E-state index contributed by atoms with van der Waals surface area (Å²) >= 11 is 0. The van der Waals surface area contributed by atoms with E-state index in [-0.39, 0.29) is 0 Å². The fraction of sp³-hybridized carbons (Fsp3) is 0.667. The van der Waals surface area contributed by atoms with Gasteiger partial charge in [-0.15, -0.1) is 0 Å². The van der Waals surface area contributed by atoms with Gasteiger partial charge < -0.3 is 9.84 Å². The quantitative estimate of drug-likeness (QED) is 0.793. The molecule has 0 bridgehead atoms. The first kappa shape index (κ1) is 15.4. The van der Waals surface area contributed by atoms with Crippen molar-refractivity contribution in [2.75, 3.05) is 6.61 Å². The Hall–Kier alpha value is -1.02. The second-order valence-electron chi connectivity index (χ2n) is 6.08. The van der Waals surface area contributed by atoms with Crippen LogP contribution in [-0.4, -0.2) is 11.7 Å². The fourth-order valence-electron chi connectivity index (χ4n) is 3.42. The lowest BCUT2D eigenvalue weighted by Gasteiger charge is -2.27. The van der Waals surface area contributed by atoms with E-state index >= 15 is 0 Å². The van der Waals surface area contributed by atoms with Crippen molar-refractivity contribution in [2.45, 2.75) is 64.4 Å². The Kier molecular flexibility index (Phi) is 5.47. The fourth-order valence-corrected chi connectivity index (χ4v) is 3.42. The molecule has 0 amide bonds. The van der Waals surface area contributed by atoms with Crippen LogP contribution in [0.3, 0.4) is 0 Å². The van der Waals surface area contributed by atoms with E-state index in [9.17, 15) is 5.11 Å². The molecule has 0 radical (unpaired) electrons. The van der Waals surface area contributed by atoms with Crippen molar-refractivity contribution in [1.29, 1.82) is 0 Å². The smallest absolute Gasteiger partial charge is 0.119 e. The topological polar surface area (TPSA) is 29.5 Å². The molecule has 1 aromatic rings. The van der Waals surface area contributed by atoms with Crippen LogP contribution in [0.25, 0.3) is 0 Å². The highest BCUT2D eigenvalue weighted by molar-refractivity contribution is 5.32. The Morgan fingerprint density at radius 2 is 2.10 bits per heavy atom. The van der Waals surface area contributed by atoms with Gasteiger partial charge in [-0.2, -0.15) is 0 Å². The lowest BCUT2D eigenvalue weighted by atomic mass is 9.86. The van der Waals surface area contributed by atoms with Crippen molar-refractivity contribution in [1.82, 2.24) is 0 Å². The highest BCUT2D eigenvalue weighted by Gasteiger charge is 2.32. The molecule has 1 fully saturated rings. The molecular formula is C18H28O2. The third-order valence-electron chi connectivity index (χ3n) is 4.55. The third-order valence-corrected chi connectivity index (χ3v) is 4.55. The first-order chi connectivity index (χ1) is 9.68. The Labute approximate surface area is 123 Å². The van der Waals surface area contributed by atoms with Crippen molar-refractivity contribution < 1.29 is 9.84 Å². The average molecular weight is 276 g/mol. The van der Waals surface area contributed by atoms with E-state index in [0.29, 0.717) is 6.61 Å². The second-order valence-corrected chi connectivity index (χ2v) is 6.08. The first-order valence-electron chi connectivity index (χ1n) is 8.13. The molecule has 0 aromatic heterocycles. The van der Waals surface area contributed by atoms with Gasteiger partial charge in [0.25, 0.3) is 0 Å². The summed E-state index contributed by atoms with van der Waals surface area (Å²) in [5, 5.41) is 11.0. The summed E-state index contributed by atoms with van der Waals surface area (Å²) in [6.07, 6.45) is 7.85. The number of benzene rings is 1. The number of hydrogen-bond donors (Lipinski definition) is 1. The molecule has 2 atom stereocenters. The Balaban J connectivity index is 2.11. The van der Waals surface area contributed by atoms with Gasteiger partial charge in [-0.3, -0.25) is 0 Å². The largest absolute Gasteiger partial charge is 0.494 e. The standard InChI is InChI=1S/C18H28O2/c1-3-7-15-8-6-12-18(19,13-11-15)16-9-5-10-17(14-16)20-4-2/h5,9-10,14-15,19H,3-4,6-8,11-13H2,1-2H3. The van der Waals surface area contributed by atoms with Gasteiger partial charge in [0.15, 0.2) is 0 Å². The maximum absolute atomic E-state index is 11.0. The van der Waals surface area contributed by atoms with Crippen LogP contribution in [0.2, 0.25) is 0 Å². The first-order valence-corrected chi connectivity index (χ1v) is 8.13. The molecule has 1 aromatic carbocycles. The van der Waals surface area contributed by atoms with E-state index in [1.54, 1.807) is 0 Å². The van der Waals surface area contributed by atoms with Crippen LogP contribution in [0.15, 0.2) is 24.3 Å². The molecule has 2 unspecified atom stereocenters. The number of hydrogen-bond acceptors (Lipinski definition) is 2. The number of ether oxygens (including phenoxy) is 1. The van der Waals surface area contributed by atoms with Gasteiger partial charge in [0.2, 0.25) is 0 Å². The normalized spacial score (nSPS) is 27.1. The Morgan fingerprint density at radius 3 is 2.85 bits per heavy atom. The SMILES string of the molecule is CCCC1CCCC(O)(c2cccc(OCC)c2)CC1. The predicted octanol–water partition coefficient (Wildman–Crippen LogP) is 4.65. The van der Waals surface area contributed by atoms with E-state index in [1.807, 2.05) is 31.2 Å². The van der Waals surface area contributed by atoms with E-state index < -0.39 is 5.60 Å². The summed E-state index contributed by atoms with van der Waals surface area (Å²) in [5.74, 6) is 1.66. The van der Waals surface area contributed by atoms with Gasteiger partial charge in [-0.25, -0.2) is 0 Å². The van der Waals surface area contributed by atoms with E-state index in [0.717, 1.165) is 42.9 Å². The van der Waals surface area contributed by atoms with Crippen molar-refractivity contribution in [3.05, 3.63) is 29.8 Å². The second kappa shape index (κ2) is 7.12. The lowest BCUT2D eigenvalue weighted by Crippen LogP contribution is -2.24. The van der Waals surface area contributed by atoms with Crippen LogP contribution in [0.5, 0.6) is 5.75 Å². The summed E-state index contributed by atoms with van der Waals surface area (Å²) in [6.45, 7) is 4.91. The van der Waals surface area contributed by atoms with E-state index in [2.05, 4.69) is 6.92 Å². The van der Waals surface area contributed by atoms with Crippen LogP contribution in [0.1, 0.15) is 64.4 Å². The number of aliphatic hydroxyl groups is 1. The van der Waals surface area contributed by atoms with Gasteiger partial charge in [-0.1, -0.05) is 38.3 Å². The molecular weight excluding hydrogens is 248 g/mol. The molecule has 1 saturated carbocycles. The van der Waals surface area contributed by atoms with Crippen molar-refractivity contribution >= 4 is 0 Å². The van der Waals surface area contributed by atoms with Crippen LogP contribution in [-0.2, 0) is 5.60 Å². The predicted molar refractivity (Wildman–Crippen MR) is 83.0 cm³/mol. The molecule has 2 heteroatoms. The third kappa shape index (κ3) is 3.76. The molecule has 2 nitrogen and oxygen atoms in total. The minimum Gasteiger partial charge on any atom is -0.494 e. The van der Waals surface area contributed by atoms with Gasteiger partial charge in [0.05, 0.1) is 12.2 Å². The lowest BCUT2D eigenvalue weighted by molar-refractivity contribution is 0.0193. The van der Waals surface area contributed by atoms with Gasteiger partial charge in [-0.05, 0) is 56.2 Å². The molecule has 0 saturated heterocycles. The molecule has 1 aliphatic carbocycles. The minimum absolute atomic E-state index is 0.657.